The van der Waals surface area contributed by atoms with E-state index in [1.54, 1.807) is 52.7 Å². The molecule has 11 heteroatoms. The fourth-order valence-electron chi connectivity index (χ4n) is 3.28. The molecule has 0 radical (unpaired) electrons. The van der Waals surface area contributed by atoms with Crippen molar-refractivity contribution in [2.24, 2.45) is 0 Å². The second kappa shape index (κ2) is 9.04. The molecule has 0 spiro atoms. The monoisotopic (exact) mass is 498 g/mol. The highest BCUT2D eigenvalue weighted by molar-refractivity contribution is 7.93. The third kappa shape index (κ3) is 4.95. The summed E-state index contributed by atoms with van der Waals surface area (Å²) in [6.07, 6.45) is 1.54. The maximum atomic E-state index is 12.8. The summed E-state index contributed by atoms with van der Waals surface area (Å²) in [5.74, 6) is -0.129. The van der Waals surface area contributed by atoms with Gasteiger partial charge in [-0.2, -0.15) is 0 Å². The molecule has 0 bridgehead atoms. The van der Waals surface area contributed by atoms with Crippen molar-refractivity contribution >= 4 is 61.3 Å². The van der Waals surface area contributed by atoms with Crippen molar-refractivity contribution in [3.63, 3.8) is 0 Å². The number of anilines is 2. The van der Waals surface area contributed by atoms with Gasteiger partial charge >= 0.3 is 0 Å². The van der Waals surface area contributed by atoms with Gasteiger partial charge in [-0.3, -0.25) is 9.52 Å². The summed E-state index contributed by atoms with van der Waals surface area (Å²) in [7, 11) is -3.68. The van der Waals surface area contributed by atoms with Crippen LogP contribution >= 0.6 is 34.5 Å². The standard InChI is InChI=1S/C20H18Cl2N4O3S2.H2/c21-14-1-6-17(18(22)13-14)19(27)26-10-8-25(9-11-26)15-2-4-16(5-3-15)31(28,29)24-20-23-7-12-30-20;/h1-7,12-13H,8-11H2,(H,23,24);1H. The summed E-state index contributed by atoms with van der Waals surface area (Å²) in [6, 6.07) is 11.5. The fraction of sp³-hybridized carbons (Fsp3) is 0.200. The Kier molecular flexibility index (Phi) is 6.38. The lowest BCUT2D eigenvalue weighted by Gasteiger charge is -2.36. The molecule has 3 aromatic rings. The predicted octanol–water partition coefficient (Wildman–Crippen LogP) is 4.46. The number of nitrogens with zero attached hydrogens (tertiary/aromatic N) is 3. The van der Waals surface area contributed by atoms with E-state index < -0.39 is 10.0 Å². The van der Waals surface area contributed by atoms with Crippen LogP contribution in [-0.2, 0) is 10.0 Å². The van der Waals surface area contributed by atoms with Crippen LogP contribution in [0.5, 0.6) is 0 Å². The number of piperazine rings is 1. The summed E-state index contributed by atoms with van der Waals surface area (Å²) < 4.78 is 27.4. The Labute approximate surface area is 195 Å². The van der Waals surface area contributed by atoms with E-state index >= 15 is 0 Å². The molecule has 1 aliphatic rings. The largest absolute Gasteiger partial charge is 0.368 e. The molecule has 4 rings (SSSR count). The molecule has 0 saturated carbocycles. The fourth-order valence-corrected chi connectivity index (χ4v) is 5.56. The lowest BCUT2D eigenvalue weighted by Crippen LogP contribution is -2.48. The van der Waals surface area contributed by atoms with E-state index in [0.29, 0.717) is 46.9 Å². The van der Waals surface area contributed by atoms with Crippen molar-refractivity contribution in [3.8, 4) is 0 Å². The van der Waals surface area contributed by atoms with Crippen LogP contribution in [0.4, 0.5) is 10.8 Å². The number of carbonyl (C=O) groups excluding carboxylic acids is 1. The van der Waals surface area contributed by atoms with Gasteiger partial charge in [0.2, 0.25) is 0 Å². The number of hydrogen-bond acceptors (Lipinski definition) is 6. The molecular formula is C20H20Cl2N4O3S2. The van der Waals surface area contributed by atoms with Crippen molar-refractivity contribution in [2.45, 2.75) is 4.90 Å². The van der Waals surface area contributed by atoms with Crippen molar-refractivity contribution in [2.75, 3.05) is 35.8 Å². The molecule has 1 N–H and O–H groups in total. The van der Waals surface area contributed by atoms with Crippen LogP contribution in [0.1, 0.15) is 11.8 Å². The Morgan fingerprint density at radius 2 is 1.77 bits per heavy atom. The van der Waals surface area contributed by atoms with Crippen molar-refractivity contribution in [3.05, 3.63) is 69.7 Å². The Balaban J connectivity index is 0.00000289. The molecule has 1 saturated heterocycles. The molecule has 1 aromatic heterocycles. The van der Waals surface area contributed by atoms with Gasteiger partial charge < -0.3 is 9.80 Å². The molecular weight excluding hydrogens is 479 g/mol. The second-order valence-electron chi connectivity index (χ2n) is 6.84. The van der Waals surface area contributed by atoms with Crippen LogP contribution < -0.4 is 9.62 Å². The van der Waals surface area contributed by atoms with Gasteiger partial charge in [0.25, 0.3) is 15.9 Å². The first-order valence-electron chi connectivity index (χ1n) is 9.35. The molecule has 0 unspecified atom stereocenters. The van der Waals surface area contributed by atoms with Gasteiger partial charge in [-0.15, -0.1) is 11.3 Å². The zero-order valence-corrected chi connectivity index (χ0v) is 19.3. The number of benzene rings is 2. The van der Waals surface area contributed by atoms with Crippen LogP contribution in [0.3, 0.4) is 0 Å². The lowest BCUT2D eigenvalue weighted by molar-refractivity contribution is 0.0747. The highest BCUT2D eigenvalue weighted by Crippen LogP contribution is 2.25. The van der Waals surface area contributed by atoms with Gasteiger partial charge in [0.05, 0.1) is 15.5 Å². The van der Waals surface area contributed by atoms with Gasteiger partial charge in [0, 0.05) is 49.9 Å². The third-order valence-electron chi connectivity index (χ3n) is 4.89. The van der Waals surface area contributed by atoms with Crippen LogP contribution in [0.2, 0.25) is 10.0 Å². The summed E-state index contributed by atoms with van der Waals surface area (Å²) in [5.41, 5.74) is 1.33. The average molecular weight is 499 g/mol. The second-order valence-corrected chi connectivity index (χ2v) is 10.3. The highest BCUT2D eigenvalue weighted by Gasteiger charge is 2.24. The Hall–Kier alpha value is -2.33. The minimum atomic E-state index is -3.68. The average Bonchev–Trinajstić information content (AvgIpc) is 3.26. The Morgan fingerprint density at radius 1 is 1.06 bits per heavy atom. The van der Waals surface area contributed by atoms with E-state index in [0.717, 1.165) is 5.69 Å². The SMILES string of the molecule is O=C(c1ccc(Cl)cc1Cl)N1CCN(c2ccc(S(=O)(=O)Nc3nccs3)cc2)CC1.[HH]. The molecule has 2 aromatic carbocycles. The first-order valence-corrected chi connectivity index (χ1v) is 12.5. The number of halogens is 2. The van der Waals surface area contributed by atoms with Gasteiger partial charge in [0.15, 0.2) is 5.13 Å². The topological polar surface area (TPSA) is 82.6 Å². The van der Waals surface area contributed by atoms with Gasteiger partial charge in [-0.1, -0.05) is 23.2 Å². The Morgan fingerprint density at radius 3 is 2.39 bits per heavy atom. The Bertz CT molecular complexity index is 1180. The highest BCUT2D eigenvalue weighted by atomic mass is 35.5. The molecule has 31 heavy (non-hydrogen) atoms. The maximum Gasteiger partial charge on any atom is 0.263 e. The summed E-state index contributed by atoms with van der Waals surface area (Å²) in [4.78, 5) is 20.7. The summed E-state index contributed by atoms with van der Waals surface area (Å²) in [6.45, 7) is 2.31. The van der Waals surface area contributed by atoms with Gasteiger partial charge in [-0.05, 0) is 42.5 Å². The van der Waals surface area contributed by atoms with E-state index in [2.05, 4.69) is 14.6 Å². The number of thiazole rings is 1. The predicted molar refractivity (Wildman–Crippen MR) is 126 cm³/mol. The van der Waals surface area contributed by atoms with Crippen molar-refractivity contribution in [1.82, 2.24) is 9.88 Å². The van der Waals surface area contributed by atoms with E-state index in [1.807, 2.05) is 0 Å². The first-order chi connectivity index (χ1) is 14.8. The zero-order valence-electron chi connectivity index (χ0n) is 16.2. The number of hydrogen-bond donors (Lipinski definition) is 1. The number of aromatic nitrogens is 1. The number of carbonyl (C=O) groups is 1. The maximum absolute atomic E-state index is 12.8. The molecule has 1 aliphatic heterocycles. The molecule has 0 aliphatic carbocycles. The molecule has 7 nitrogen and oxygen atoms in total. The molecule has 2 heterocycles. The van der Waals surface area contributed by atoms with Crippen LogP contribution in [0, 0.1) is 0 Å². The van der Waals surface area contributed by atoms with E-state index in [4.69, 9.17) is 23.2 Å². The number of rotatable bonds is 5. The van der Waals surface area contributed by atoms with E-state index in [9.17, 15) is 13.2 Å². The number of amides is 1. The van der Waals surface area contributed by atoms with Crippen LogP contribution in [-0.4, -0.2) is 50.4 Å². The molecule has 1 amide bonds. The zero-order chi connectivity index (χ0) is 22.0. The normalized spacial score (nSPS) is 14.5. The minimum Gasteiger partial charge on any atom is -0.368 e. The summed E-state index contributed by atoms with van der Waals surface area (Å²) in [5, 5.41) is 2.85. The molecule has 0 atom stereocenters. The molecule has 1 fully saturated rings. The van der Waals surface area contributed by atoms with Gasteiger partial charge in [-0.25, -0.2) is 13.4 Å². The quantitative estimate of drug-likeness (QED) is 0.561. The molecule has 164 valence electrons. The van der Waals surface area contributed by atoms with Crippen LogP contribution in [0.15, 0.2) is 58.9 Å². The first kappa shape index (κ1) is 21.9. The lowest BCUT2D eigenvalue weighted by atomic mass is 10.1. The summed E-state index contributed by atoms with van der Waals surface area (Å²) >= 11 is 13.3. The van der Waals surface area contributed by atoms with Gasteiger partial charge in [0.1, 0.15) is 0 Å². The minimum absolute atomic E-state index is 0. The third-order valence-corrected chi connectivity index (χ3v) is 7.61. The van der Waals surface area contributed by atoms with Crippen molar-refractivity contribution in [1.29, 1.82) is 0 Å². The van der Waals surface area contributed by atoms with Crippen molar-refractivity contribution < 1.29 is 14.6 Å². The van der Waals surface area contributed by atoms with E-state index in [1.165, 1.54) is 17.5 Å². The number of nitrogens with one attached hydrogen (secondary N) is 1. The van der Waals surface area contributed by atoms with E-state index in [-0.39, 0.29) is 12.2 Å². The number of sulfonamides is 1. The smallest absolute Gasteiger partial charge is 0.263 e. The van der Waals surface area contributed by atoms with Crippen LogP contribution in [0.25, 0.3) is 0 Å².